The number of pyridine rings is 1. The van der Waals surface area contributed by atoms with Gasteiger partial charge in [0.25, 0.3) is 0 Å². The van der Waals surface area contributed by atoms with Gasteiger partial charge in [0.2, 0.25) is 0 Å². The maximum absolute atomic E-state index is 16.9. The minimum absolute atomic E-state index is 0.0456. The monoisotopic (exact) mass is 654 g/mol. The fourth-order valence-electron chi connectivity index (χ4n) is 7.84. The Bertz CT molecular complexity index is 2100. The van der Waals surface area contributed by atoms with E-state index in [1.165, 1.54) is 12.3 Å². The molecule has 13 heteroatoms. The topological polar surface area (TPSA) is 80.4 Å². The summed E-state index contributed by atoms with van der Waals surface area (Å²) in [5.74, 6) is -4.35. The predicted molar refractivity (Wildman–Crippen MR) is 164 cm³/mol. The standard InChI is InChI=1S/C34H30F6N6O/c1-2-18-23-20(25(37)27(39)24(18)36)10-17(41)11-21(23)29-28(40)30-22(13-42-29)32(46-9-4-3-6-19-26(38)31(19)46)44-33(43-30)47-15-34-7-5-8-45(34)14-16(35)12-34/h1,10-11,13,16,19,26,31H,3-9,12,14-15,41H2/t16-,19+,26+,31+,34+/m1/s1/i15D2. The van der Waals surface area contributed by atoms with Crippen LogP contribution in [0.4, 0.5) is 37.8 Å². The third-order valence-corrected chi connectivity index (χ3v) is 10.1. The maximum atomic E-state index is 16.9. The predicted octanol–water partition coefficient (Wildman–Crippen LogP) is 6.25. The summed E-state index contributed by atoms with van der Waals surface area (Å²) in [6.07, 6.45) is 7.23. The highest BCUT2D eigenvalue weighted by atomic mass is 19.2. The summed E-state index contributed by atoms with van der Waals surface area (Å²) in [6, 6.07) is 1.11. The van der Waals surface area contributed by atoms with E-state index in [1.54, 1.807) is 9.80 Å². The van der Waals surface area contributed by atoms with Crippen molar-refractivity contribution in [1.82, 2.24) is 19.9 Å². The smallest absolute Gasteiger partial charge is 0.319 e. The van der Waals surface area contributed by atoms with Crippen molar-refractivity contribution in [3.05, 3.63) is 47.2 Å². The van der Waals surface area contributed by atoms with Gasteiger partial charge in [-0.05, 0) is 44.4 Å². The van der Waals surface area contributed by atoms with Crippen molar-refractivity contribution in [3.8, 4) is 29.6 Å². The van der Waals surface area contributed by atoms with E-state index in [9.17, 15) is 13.2 Å². The van der Waals surface area contributed by atoms with E-state index in [4.69, 9.17) is 19.6 Å². The van der Waals surface area contributed by atoms with Crippen LogP contribution >= 0.6 is 0 Å². The van der Waals surface area contributed by atoms with Gasteiger partial charge in [0, 0.05) is 53.6 Å². The Balaban J connectivity index is 1.34. The minimum atomic E-state index is -2.52. The van der Waals surface area contributed by atoms with Crippen LogP contribution in [0.5, 0.6) is 6.01 Å². The number of aromatic nitrogens is 3. The first-order valence-electron chi connectivity index (χ1n) is 16.6. The number of rotatable bonds is 5. The normalized spacial score (nSPS) is 28.1. The average Bonchev–Trinajstić information content (AvgIpc) is 3.42. The lowest BCUT2D eigenvalue weighted by molar-refractivity contribution is 0.107. The van der Waals surface area contributed by atoms with Crippen molar-refractivity contribution in [2.75, 3.05) is 36.8 Å². The van der Waals surface area contributed by atoms with Crippen molar-refractivity contribution < 1.29 is 33.8 Å². The molecule has 7 nitrogen and oxygen atoms in total. The molecule has 8 rings (SSSR count). The highest BCUT2D eigenvalue weighted by Gasteiger charge is 2.56. The van der Waals surface area contributed by atoms with Crippen molar-refractivity contribution in [2.24, 2.45) is 5.92 Å². The van der Waals surface area contributed by atoms with Gasteiger partial charge < -0.3 is 15.4 Å². The van der Waals surface area contributed by atoms with Crippen LogP contribution in [0.1, 0.15) is 46.8 Å². The number of nitrogens with two attached hydrogens (primary N) is 1. The molecule has 0 spiro atoms. The molecule has 2 aromatic heterocycles. The van der Waals surface area contributed by atoms with Crippen LogP contribution in [0.25, 0.3) is 32.9 Å². The van der Waals surface area contributed by atoms with Gasteiger partial charge >= 0.3 is 6.01 Å². The fourth-order valence-corrected chi connectivity index (χ4v) is 7.84. The highest BCUT2D eigenvalue weighted by Crippen LogP contribution is 2.48. The summed E-state index contributed by atoms with van der Waals surface area (Å²) >= 11 is 0. The molecule has 4 aromatic rings. The quantitative estimate of drug-likeness (QED) is 0.118. The van der Waals surface area contributed by atoms with Gasteiger partial charge in [0.15, 0.2) is 23.3 Å². The summed E-state index contributed by atoms with van der Waals surface area (Å²) < 4.78 is 115. The number of nitrogens with zero attached hydrogens (tertiary/aromatic N) is 5. The Morgan fingerprint density at radius 3 is 2.68 bits per heavy atom. The molecule has 4 fully saturated rings. The van der Waals surface area contributed by atoms with Crippen molar-refractivity contribution in [2.45, 2.75) is 62.4 Å². The zero-order valence-corrected chi connectivity index (χ0v) is 25.0. The maximum Gasteiger partial charge on any atom is 0.319 e. The molecule has 0 radical (unpaired) electrons. The molecule has 4 aliphatic rings. The highest BCUT2D eigenvalue weighted by molar-refractivity contribution is 6.04. The molecule has 3 aliphatic heterocycles. The van der Waals surface area contributed by atoms with Crippen LogP contribution in [-0.2, 0) is 0 Å². The SMILES string of the molecule is [2H]C([2H])(Oc1nc(N2CCCC[C@H]3[C@H](F)[C@H]32)c2cnc(-c3cc(N)cc4c(F)c(F)c(F)c(C#C)c34)c(F)c2n1)[C@@]12CCCN1C[C@H](F)C2. The number of anilines is 2. The number of alkyl halides is 2. The van der Waals surface area contributed by atoms with E-state index in [0.29, 0.717) is 38.8 Å². The van der Waals surface area contributed by atoms with E-state index in [0.717, 1.165) is 12.5 Å². The second-order valence-corrected chi connectivity index (χ2v) is 12.8. The molecule has 0 amide bonds. The third-order valence-electron chi connectivity index (χ3n) is 10.1. The van der Waals surface area contributed by atoms with Crippen molar-refractivity contribution >= 4 is 33.2 Å². The number of terminal acetylenes is 1. The minimum Gasteiger partial charge on any atom is -0.461 e. The number of fused-ring (bicyclic) bond motifs is 4. The van der Waals surface area contributed by atoms with Gasteiger partial charge in [-0.1, -0.05) is 12.3 Å². The lowest BCUT2D eigenvalue weighted by Crippen LogP contribution is -2.43. The molecule has 2 N–H and O–H groups in total. The number of ether oxygens (including phenoxy) is 1. The molecule has 244 valence electrons. The van der Waals surface area contributed by atoms with Gasteiger partial charge in [-0.15, -0.1) is 6.42 Å². The lowest BCUT2D eigenvalue weighted by atomic mass is 9.94. The van der Waals surface area contributed by atoms with Crippen molar-refractivity contribution in [1.29, 1.82) is 0 Å². The Morgan fingerprint density at radius 2 is 1.87 bits per heavy atom. The number of nitrogen functional groups attached to an aromatic ring is 1. The van der Waals surface area contributed by atoms with Gasteiger partial charge in [0.1, 0.15) is 35.9 Å². The summed E-state index contributed by atoms with van der Waals surface area (Å²) in [7, 11) is 0. The second-order valence-electron chi connectivity index (χ2n) is 12.8. The molecular formula is C34H30F6N6O. The molecule has 1 aliphatic carbocycles. The number of halogens is 6. The lowest BCUT2D eigenvalue weighted by Gasteiger charge is -2.31. The first-order chi connectivity index (χ1) is 23.4. The molecule has 47 heavy (non-hydrogen) atoms. The number of benzene rings is 2. The Labute approximate surface area is 268 Å². The molecule has 2 aromatic carbocycles. The molecule has 0 bridgehead atoms. The van der Waals surface area contributed by atoms with E-state index < -0.39 is 81.9 Å². The Kier molecular flexibility index (Phi) is 6.42. The van der Waals surface area contributed by atoms with Crippen LogP contribution in [0.15, 0.2) is 18.3 Å². The van der Waals surface area contributed by atoms with Gasteiger partial charge in [-0.25, -0.2) is 26.3 Å². The number of hydrogen-bond donors (Lipinski definition) is 1. The fraction of sp³-hybridized carbons (Fsp3) is 0.441. The Hall–Kier alpha value is -4.31. The first-order valence-corrected chi connectivity index (χ1v) is 15.6. The first kappa shape index (κ1) is 27.8. The third kappa shape index (κ3) is 4.58. The summed E-state index contributed by atoms with van der Waals surface area (Å²) in [5.41, 5.74) is 2.74. The van der Waals surface area contributed by atoms with Gasteiger partial charge in [-0.2, -0.15) is 9.97 Å². The summed E-state index contributed by atoms with van der Waals surface area (Å²) in [6.45, 7) is -1.63. The molecular weight excluding hydrogens is 622 g/mol. The molecule has 0 unspecified atom stereocenters. The van der Waals surface area contributed by atoms with Crippen LogP contribution < -0.4 is 15.4 Å². The van der Waals surface area contributed by atoms with Gasteiger partial charge in [-0.3, -0.25) is 9.88 Å². The second kappa shape index (κ2) is 10.9. The molecule has 3 saturated heterocycles. The summed E-state index contributed by atoms with van der Waals surface area (Å²) in [4.78, 5) is 16.5. The molecule has 1 saturated carbocycles. The van der Waals surface area contributed by atoms with Crippen LogP contribution in [0, 0.1) is 41.5 Å². The number of hydrogen-bond acceptors (Lipinski definition) is 7. The van der Waals surface area contributed by atoms with Crippen LogP contribution in [0.3, 0.4) is 0 Å². The molecule has 5 atom stereocenters. The largest absolute Gasteiger partial charge is 0.461 e. The van der Waals surface area contributed by atoms with E-state index in [-0.39, 0.29) is 46.7 Å². The van der Waals surface area contributed by atoms with Crippen molar-refractivity contribution in [3.63, 3.8) is 0 Å². The van der Waals surface area contributed by atoms with Gasteiger partial charge in [0.05, 0.1) is 25.3 Å². The van der Waals surface area contributed by atoms with Crippen LogP contribution in [-0.4, -0.2) is 70.0 Å². The molecule has 5 heterocycles. The Morgan fingerprint density at radius 1 is 1.04 bits per heavy atom. The summed E-state index contributed by atoms with van der Waals surface area (Å²) in [5, 5.41) is -0.796. The van der Waals surface area contributed by atoms with Crippen LogP contribution in [0.2, 0.25) is 0 Å². The average molecular weight is 655 g/mol. The van der Waals surface area contributed by atoms with E-state index >= 15 is 13.2 Å². The zero-order chi connectivity index (χ0) is 34.6. The zero-order valence-electron chi connectivity index (χ0n) is 27.0. The van der Waals surface area contributed by atoms with E-state index in [2.05, 4.69) is 15.0 Å². The van der Waals surface area contributed by atoms with E-state index in [1.807, 2.05) is 5.92 Å².